The number of fused-ring (bicyclic) bond motifs is 1. The molecule has 7 heteroatoms. The average Bonchev–Trinajstić information content (AvgIpc) is 2.78. The number of imidazole rings is 1. The highest BCUT2D eigenvalue weighted by Crippen LogP contribution is 2.20. The summed E-state index contributed by atoms with van der Waals surface area (Å²) >= 11 is 0. The summed E-state index contributed by atoms with van der Waals surface area (Å²) in [7, 11) is 0. The Bertz CT molecular complexity index is 518. The van der Waals surface area contributed by atoms with Crippen LogP contribution in [0.15, 0.2) is 6.33 Å². The third-order valence-corrected chi connectivity index (χ3v) is 2.80. The third-order valence-electron chi connectivity index (χ3n) is 2.80. The molecule has 2 aromatic rings. The molecule has 7 nitrogen and oxygen atoms in total. The van der Waals surface area contributed by atoms with Crippen LogP contribution in [-0.2, 0) is 4.74 Å². The topological polar surface area (TPSA) is 102 Å². The van der Waals surface area contributed by atoms with Gasteiger partial charge in [-0.2, -0.15) is 9.97 Å². The van der Waals surface area contributed by atoms with Gasteiger partial charge >= 0.3 is 0 Å². The first kappa shape index (κ1) is 10.3. The number of nitrogen functional groups attached to an aromatic ring is 1. The number of nitrogens with two attached hydrogens (primary N) is 1. The fourth-order valence-electron chi connectivity index (χ4n) is 2.00. The number of anilines is 2. The molecule has 0 spiro atoms. The lowest BCUT2D eigenvalue weighted by Crippen LogP contribution is -2.30. The van der Waals surface area contributed by atoms with E-state index in [1.165, 1.54) is 0 Å². The third kappa shape index (κ3) is 2.01. The van der Waals surface area contributed by atoms with Crippen molar-refractivity contribution < 1.29 is 4.74 Å². The molecule has 2 aromatic heterocycles. The van der Waals surface area contributed by atoms with Crippen LogP contribution in [0.3, 0.4) is 0 Å². The second-order valence-electron chi connectivity index (χ2n) is 4.09. The highest BCUT2D eigenvalue weighted by atomic mass is 16.5. The lowest BCUT2D eigenvalue weighted by atomic mass is 10.1. The van der Waals surface area contributed by atoms with Crippen LogP contribution in [0.25, 0.3) is 11.2 Å². The summed E-state index contributed by atoms with van der Waals surface area (Å²) in [5, 5.41) is 3.32. The Kier molecular flexibility index (Phi) is 2.52. The van der Waals surface area contributed by atoms with Crippen LogP contribution < -0.4 is 11.1 Å². The van der Waals surface area contributed by atoms with E-state index in [0.29, 0.717) is 18.1 Å². The minimum atomic E-state index is 0.226. The van der Waals surface area contributed by atoms with E-state index >= 15 is 0 Å². The standard InChI is InChI=1S/C10H14N6O/c11-10-15-8-7(12-5-13-8)9(16-10)14-6-2-1-3-17-4-6/h5-6H,1-4H2,(H4,11,12,13,14,15,16). The highest BCUT2D eigenvalue weighted by molar-refractivity contribution is 5.83. The lowest BCUT2D eigenvalue weighted by Gasteiger charge is -2.23. The molecule has 0 aliphatic carbocycles. The van der Waals surface area contributed by atoms with Crippen molar-refractivity contribution >= 4 is 22.9 Å². The molecule has 3 heterocycles. The van der Waals surface area contributed by atoms with Crippen molar-refractivity contribution in [3.8, 4) is 0 Å². The number of nitrogens with zero attached hydrogens (tertiary/aromatic N) is 3. The number of nitrogens with one attached hydrogen (secondary N) is 2. The quantitative estimate of drug-likeness (QED) is 0.700. The minimum Gasteiger partial charge on any atom is -0.379 e. The van der Waals surface area contributed by atoms with Gasteiger partial charge in [0.05, 0.1) is 19.0 Å². The van der Waals surface area contributed by atoms with Gasteiger partial charge in [0.15, 0.2) is 11.5 Å². The van der Waals surface area contributed by atoms with Crippen LogP contribution in [0.1, 0.15) is 12.8 Å². The van der Waals surface area contributed by atoms with Crippen LogP contribution >= 0.6 is 0 Å². The maximum absolute atomic E-state index is 5.64. The van der Waals surface area contributed by atoms with Crippen molar-refractivity contribution in [2.75, 3.05) is 24.3 Å². The van der Waals surface area contributed by atoms with E-state index in [4.69, 9.17) is 10.5 Å². The van der Waals surface area contributed by atoms with E-state index < -0.39 is 0 Å². The smallest absolute Gasteiger partial charge is 0.224 e. The Hall–Kier alpha value is -1.89. The van der Waals surface area contributed by atoms with E-state index in [1.54, 1.807) is 6.33 Å². The minimum absolute atomic E-state index is 0.226. The molecule has 1 fully saturated rings. The summed E-state index contributed by atoms with van der Waals surface area (Å²) in [5.74, 6) is 0.921. The van der Waals surface area contributed by atoms with Crippen molar-refractivity contribution in [1.82, 2.24) is 19.9 Å². The van der Waals surface area contributed by atoms with Crippen LogP contribution in [0, 0.1) is 0 Å². The zero-order chi connectivity index (χ0) is 11.7. The highest BCUT2D eigenvalue weighted by Gasteiger charge is 2.16. The summed E-state index contributed by atoms with van der Waals surface area (Å²) in [5.41, 5.74) is 7.00. The van der Waals surface area contributed by atoms with Gasteiger partial charge in [-0.05, 0) is 12.8 Å². The number of hydrogen-bond donors (Lipinski definition) is 3. The van der Waals surface area contributed by atoms with Gasteiger partial charge in [-0.15, -0.1) is 0 Å². The molecule has 90 valence electrons. The van der Waals surface area contributed by atoms with Crippen molar-refractivity contribution in [3.63, 3.8) is 0 Å². The van der Waals surface area contributed by atoms with Crippen molar-refractivity contribution in [2.24, 2.45) is 0 Å². The van der Waals surface area contributed by atoms with Gasteiger partial charge < -0.3 is 20.8 Å². The van der Waals surface area contributed by atoms with Gasteiger partial charge in [-0.1, -0.05) is 0 Å². The van der Waals surface area contributed by atoms with Crippen LogP contribution in [0.5, 0.6) is 0 Å². The van der Waals surface area contributed by atoms with E-state index in [9.17, 15) is 0 Å². The van der Waals surface area contributed by atoms with E-state index in [-0.39, 0.29) is 12.0 Å². The van der Waals surface area contributed by atoms with Crippen molar-refractivity contribution in [1.29, 1.82) is 0 Å². The van der Waals surface area contributed by atoms with E-state index in [1.807, 2.05) is 0 Å². The molecular formula is C10H14N6O. The predicted molar refractivity (Wildman–Crippen MR) is 63.6 cm³/mol. The molecule has 1 atom stereocenters. The van der Waals surface area contributed by atoms with Crippen LogP contribution in [0.2, 0.25) is 0 Å². The molecule has 3 rings (SSSR count). The summed E-state index contributed by atoms with van der Waals surface area (Å²) in [6.45, 7) is 1.53. The Balaban J connectivity index is 1.90. The van der Waals surface area contributed by atoms with Gasteiger partial charge in [-0.25, -0.2) is 4.98 Å². The lowest BCUT2D eigenvalue weighted by molar-refractivity contribution is 0.0875. The molecule has 1 saturated heterocycles. The number of H-pyrrole nitrogens is 1. The zero-order valence-electron chi connectivity index (χ0n) is 9.31. The van der Waals surface area contributed by atoms with E-state index in [0.717, 1.165) is 25.0 Å². The maximum atomic E-state index is 5.64. The fourth-order valence-corrected chi connectivity index (χ4v) is 2.00. The Morgan fingerprint density at radius 1 is 1.47 bits per heavy atom. The van der Waals surface area contributed by atoms with Crippen LogP contribution in [0.4, 0.5) is 11.8 Å². The molecule has 1 aliphatic heterocycles. The SMILES string of the molecule is Nc1nc(NC2CCCOC2)c2[nH]cnc2n1. The molecular weight excluding hydrogens is 220 g/mol. The first-order chi connectivity index (χ1) is 8.33. The summed E-state index contributed by atoms with van der Waals surface area (Å²) in [6, 6.07) is 0.268. The summed E-state index contributed by atoms with van der Waals surface area (Å²) in [4.78, 5) is 15.3. The number of aromatic amines is 1. The van der Waals surface area contributed by atoms with Gasteiger partial charge in [0.2, 0.25) is 5.95 Å². The molecule has 0 bridgehead atoms. The first-order valence-corrected chi connectivity index (χ1v) is 5.64. The Morgan fingerprint density at radius 2 is 2.41 bits per heavy atom. The molecule has 1 unspecified atom stereocenters. The van der Waals surface area contributed by atoms with E-state index in [2.05, 4.69) is 25.3 Å². The van der Waals surface area contributed by atoms with Gasteiger partial charge in [0.1, 0.15) is 5.52 Å². The average molecular weight is 234 g/mol. The largest absolute Gasteiger partial charge is 0.379 e. The van der Waals surface area contributed by atoms with Crippen molar-refractivity contribution in [2.45, 2.75) is 18.9 Å². The second kappa shape index (κ2) is 4.17. The summed E-state index contributed by atoms with van der Waals surface area (Å²) < 4.78 is 5.42. The maximum Gasteiger partial charge on any atom is 0.224 e. The molecule has 1 aliphatic rings. The zero-order valence-corrected chi connectivity index (χ0v) is 9.31. The number of aromatic nitrogens is 4. The molecule has 17 heavy (non-hydrogen) atoms. The van der Waals surface area contributed by atoms with Gasteiger partial charge in [0, 0.05) is 6.61 Å². The molecule has 0 radical (unpaired) electrons. The first-order valence-electron chi connectivity index (χ1n) is 5.64. The molecule has 4 N–H and O–H groups in total. The fraction of sp³-hybridized carbons (Fsp3) is 0.500. The molecule has 0 aromatic carbocycles. The molecule has 0 amide bonds. The monoisotopic (exact) mass is 234 g/mol. The predicted octanol–water partition coefficient (Wildman–Crippen LogP) is 0.526. The number of rotatable bonds is 2. The Morgan fingerprint density at radius 3 is 3.24 bits per heavy atom. The summed E-state index contributed by atoms with van der Waals surface area (Å²) in [6.07, 6.45) is 3.71. The Labute approximate surface area is 97.8 Å². The second-order valence-corrected chi connectivity index (χ2v) is 4.09. The van der Waals surface area contributed by atoms with Crippen LogP contribution in [-0.4, -0.2) is 39.2 Å². The van der Waals surface area contributed by atoms with Gasteiger partial charge in [0.25, 0.3) is 0 Å². The normalized spacial score (nSPS) is 20.6. The van der Waals surface area contributed by atoms with Gasteiger partial charge in [-0.3, -0.25) is 0 Å². The van der Waals surface area contributed by atoms with Crippen molar-refractivity contribution in [3.05, 3.63) is 6.33 Å². The molecule has 0 saturated carbocycles. The number of ether oxygens (including phenoxy) is 1. The number of hydrogen-bond acceptors (Lipinski definition) is 6.